The van der Waals surface area contributed by atoms with E-state index < -0.39 is 0 Å². The maximum atomic E-state index is 6.48. The van der Waals surface area contributed by atoms with E-state index in [9.17, 15) is 0 Å². The highest BCUT2D eigenvalue weighted by Crippen LogP contribution is 2.31. The van der Waals surface area contributed by atoms with Gasteiger partial charge >= 0.3 is 0 Å². The molecule has 0 bridgehead atoms. The lowest BCUT2D eigenvalue weighted by molar-refractivity contribution is 0.312. The summed E-state index contributed by atoms with van der Waals surface area (Å²) in [6, 6.07) is 20.2. The van der Waals surface area contributed by atoms with Gasteiger partial charge in [0.2, 0.25) is 0 Å². The molecular weight excluding hydrogens is 350 g/mol. The zero-order valence-electron chi connectivity index (χ0n) is 16.0. The van der Waals surface area contributed by atoms with Gasteiger partial charge in [0.05, 0.1) is 11.4 Å². The molecule has 4 rings (SSSR count). The molecule has 1 saturated heterocycles. The van der Waals surface area contributed by atoms with Gasteiger partial charge in [0.1, 0.15) is 12.0 Å². The van der Waals surface area contributed by atoms with E-state index in [0.29, 0.717) is 11.5 Å². The maximum absolute atomic E-state index is 6.48. The van der Waals surface area contributed by atoms with Crippen molar-refractivity contribution in [2.24, 2.45) is 0 Å². The fourth-order valence-electron chi connectivity index (χ4n) is 3.28. The monoisotopic (exact) mass is 375 g/mol. The Bertz CT molecular complexity index is 854. The molecule has 3 aromatic rings. The lowest BCUT2D eigenvalue weighted by Gasteiger charge is -2.34. The molecular formula is C21H25N7. The Balaban J connectivity index is 1.65. The van der Waals surface area contributed by atoms with Crippen molar-refractivity contribution in [2.75, 3.05) is 54.3 Å². The standard InChI is InChI=1S/C21H25N7/c1-26-12-14-27(15-13-26)21-19(22)20(23-16-24-21)25-28(17-8-4-2-5-9-17)18-10-6-3-7-11-18/h2-11,16H,12-15,22H2,1H3,(H,23,24,25). The summed E-state index contributed by atoms with van der Waals surface area (Å²) in [4.78, 5) is 13.4. The molecule has 1 fully saturated rings. The van der Waals surface area contributed by atoms with Gasteiger partial charge in [0.25, 0.3) is 0 Å². The molecule has 3 N–H and O–H groups in total. The summed E-state index contributed by atoms with van der Waals surface area (Å²) < 4.78 is 0. The van der Waals surface area contributed by atoms with E-state index in [1.165, 1.54) is 0 Å². The number of hydrogen-bond donors (Lipinski definition) is 2. The summed E-state index contributed by atoms with van der Waals surface area (Å²) in [5.41, 5.74) is 12.4. The van der Waals surface area contributed by atoms with Crippen LogP contribution in [0.5, 0.6) is 0 Å². The Hall–Kier alpha value is -3.32. The van der Waals surface area contributed by atoms with Gasteiger partial charge in [-0.2, -0.15) is 0 Å². The lowest BCUT2D eigenvalue weighted by Crippen LogP contribution is -2.45. The van der Waals surface area contributed by atoms with Crippen molar-refractivity contribution in [3.63, 3.8) is 0 Å². The molecule has 0 radical (unpaired) electrons. The maximum Gasteiger partial charge on any atom is 0.173 e. The molecule has 7 heteroatoms. The van der Waals surface area contributed by atoms with E-state index in [2.05, 4.69) is 32.2 Å². The average Bonchev–Trinajstić information content (AvgIpc) is 2.75. The van der Waals surface area contributed by atoms with Crippen LogP contribution >= 0.6 is 0 Å². The first-order valence-corrected chi connectivity index (χ1v) is 9.43. The first kappa shape index (κ1) is 18.1. The van der Waals surface area contributed by atoms with Crippen LogP contribution in [0.25, 0.3) is 0 Å². The van der Waals surface area contributed by atoms with Crippen LogP contribution in [0, 0.1) is 0 Å². The molecule has 0 atom stereocenters. The fourth-order valence-corrected chi connectivity index (χ4v) is 3.28. The number of hydrogen-bond acceptors (Lipinski definition) is 7. The highest BCUT2D eigenvalue weighted by Gasteiger charge is 2.20. The van der Waals surface area contributed by atoms with Gasteiger partial charge in [0.15, 0.2) is 11.6 Å². The third kappa shape index (κ3) is 3.84. The minimum Gasteiger partial charge on any atom is -0.393 e. The van der Waals surface area contributed by atoms with Crippen LogP contribution in [0.1, 0.15) is 0 Å². The van der Waals surface area contributed by atoms with Crippen molar-refractivity contribution in [1.29, 1.82) is 0 Å². The molecule has 1 aliphatic heterocycles. The number of para-hydroxylation sites is 2. The van der Waals surface area contributed by atoms with E-state index in [-0.39, 0.29) is 0 Å². The van der Waals surface area contributed by atoms with Crippen LogP contribution in [0.15, 0.2) is 67.0 Å². The van der Waals surface area contributed by atoms with Gasteiger partial charge in [-0.15, -0.1) is 0 Å². The highest BCUT2D eigenvalue weighted by atomic mass is 15.5. The summed E-state index contributed by atoms with van der Waals surface area (Å²) >= 11 is 0. The quantitative estimate of drug-likeness (QED) is 0.664. The van der Waals surface area contributed by atoms with Crippen molar-refractivity contribution in [1.82, 2.24) is 14.9 Å². The number of benzene rings is 2. The molecule has 1 aromatic heterocycles. The Morgan fingerprint density at radius 3 is 2.00 bits per heavy atom. The number of aromatic nitrogens is 2. The van der Waals surface area contributed by atoms with E-state index >= 15 is 0 Å². The highest BCUT2D eigenvalue weighted by molar-refractivity contribution is 5.78. The van der Waals surface area contributed by atoms with Gasteiger partial charge in [-0.25, -0.2) is 9.97 Å². The molecule has 28 heavy (non-hydrogen) atoms. The number of nitrogens with two attached hydrogens (primary N) is 1. The molecule has 0 spiro atoms. The zero-order chi connectivity index (χ0) is 19.3. The third-order valence-corrected chi connectivity index (χ3v) is 4.91. The number of piperazine rings is 1. The van der Waals surface area contributed by atoms with Crippen LogP contribution in [0.2, 0.25) is 0 Å². The van der Waals surface area contributed by atoms with Gasteiger partial charge in [-0.05, 0) is 31.3 Å². The summed E-state index contributed by atoms with van der Waals surface area (Å²) in [6.45, 7) is 3.79. The van der Waals surface area contributed by atoms with Crippen LogP contribution in [-0.2, 0) is 0 Å². The molecule has 0 amide bonds. The topological polar surface area (TPSA) is 73.6 Å². The molecule has 2 aromatic carbocycles. The molecule has 0 aliphatic carbocycles. The number of hydrazine groups is 1. The fraction of sp³-hybridized carbons (Fsp3) is 0.238. The zero-order valence-corrected chi connectivity index (χ0v) is 16.0. The van der Waals surface area contributed by atoms with Crippen LogP contribution < -0.4 is 21.1 Å². The summed E-state index contributed by atoms with van der Waals surface area (Å²) in [7, 11) is 2.13. The van der Waals surface area contributed by atoms with Gasteiger partial charge in [0, 0.05) is 26.2 Å². The van der Waals surface area contributed by atoms with Crippen LogP contribution in [0.3, 0.4) is 0 Å². The second-order valence-corrected chi connectivity index (χ2v) is 6.87. The summed E-state index contributed by atoms with van der Waals surface area (Å²) in [5.74, 6) is 1.38. The molecule has 144 valence electrons. The smallest absolute Gasteiger partial charge is 0.173 e. The number of anilines is 5. The Kier molecular flexibility index (Phi) is 5.25. The number of nitrogen functional groups attached to an aromatic ring is 1. The van der Waals surface area contributed by atoms with Crippen molar-refractivity contribution in [2.45, 2.75) is 0 Å². The predicted octanol–water partition coefficient (Wildman–Crippen LogP) is 2.98. The number of nitrogens with one attached hydrogen (secondary N) is 1. The second kappa shape index (κ2) is 8.14. The molecule has 2 heterocycles. The Morgan fingerprint density at radius 1 is 0.857 bits per heavy atom. The predicted molar refractivity (Wildman–Crippen MR) is 115 cm³/mol. The van der Waals surface area contributed by atoms with Crippen molar-refractivity contribution in [3.05, 3.63) is 67.0 Å². The summed E-state index contributed by atoms with van der Waals surface area (Å²) in [6.07, 6.45) is 1.57. The average molecular weight is 375 g/mol. The van der Waals surface area contributed by atoms with Crippen molar-refractivity contribution >= 4 is 28.7 Å². The SMILES string of the molecule is CN1CCN(c2ncnc(NN(c3ccccc3)c3ccccc3)c2N)CC1. The van der Waals surface area contributed by atoms with Crippen LogP contribution in [-0.4, -0.2) is 48.1 Å². The van der Waals surface area contributed by atoms with E-state index in [0.717, 1.165) is 43.4 Å². The molecule has 0 saturated carbocycles. The molecule has 7 nitrogen and oxygen atoms in total. The van der Waals surface area contributed by atoms with E-state index in [4.69, 9.17) is 5.73 Å². The first-order valence-electron chi connectivity index (χ1n) is 9.43. The number of nitrogens with zero attached hydrogens (tertiary/aromatic N) is 5. The number of likely N-dealkylation sites (N-methyl/N-ethyl adjacent to an activating group) is 1. The Morgan fingerprint density at radius 2 is 1.43 bits per heavy atom. The van der Waals surface area contributed by atoms with Crippen molar-refractivity contribution in [3.8, 4) is 0 Å². The minimum atomic E-state index is 0.559. The van der Waals surface area contributed by atoms with Gasteiger partial charge in [-0.1, -0.05) is 36.4 Å². The van der Waals surface area contributed by atoms with Gasteiger partial charge < -0.3 is 15.5 Å². The third-order valence-electron chi connectivity index (χ3n) is 4.91. The largest absolute Gasteiger partial charge is 0.393 e. The van der Waals surface area contributed by atoms with E-state index in [1.807, 2.05) is 65.7 Å². The summed E-state index contributed by atoms with van der Waals surface area (Å²) in [5, 5.41) is 1.98. The number of rotatable bonds is 5. The normalized spacial score (nSPS) is 14.7. The van der Waals surface area contributed by atoms with Crippen molar-refractivity contribution < 1.29 is 0 Å². The Labute approximate surface area is 165 Å². The molecule has 1 aliphatic rings. The first-order chi connectivity index (χ1) is 13.7. The molecule has 0 unspecified atom stereocenters. The van der Waals surface area contributed by atoms with E-state index in [1.54, 1.807) is 6.33 Å². The second-order valence-electron chi connectivity index (χ2n) is 6.87. The van der Waals surface area contributed by atoms with Gasteiger partial charge in [-0.3, -0.25) is 10.4 Å². The lowest BCUT2D eigenvalue weighted by atomic mass is 10.2. The van der Waals surface area contributed by atoms with Crippen LogP contribution in [0.4, 0.5) is 28.7 Å². The minimum absolute atomic E-state index is 0.559.